The average molecular weight is 347 g/mol. The smallest absolute Gasteiger partial charge is 0.239 e. The first-order valence-corrected chi connectivity index (χ1v) is 9.55. The number of hydrogen-bond acceptors (Lipinski definition) is 5. The highest BCUT2D eigenvalue weighted by atomic mass is 32.2. The fourth-order valence-corrected chi connectivity index (χ4v) is 3.23. The summed E-state index contributed by atoms with van der Waals surface area (Å²) in [5.41, 5.74) is -0.0546. The summed E-state index contributed by atoms with van der Waals surface area (Å²) in [6, 6.07) is 3.61. The Bertz CT molecular complexity index is 766. The van der Waals surface area contributed by atoms with Crippen LogP contribution in [0.5, 0.6) is 0 Å². The van der Waals surface area contributed by atoms with Crippen molar-refractivity contribution < 1.29 is 21.6 Å². The molecule has 22 heavy (non-hydrogen) atoms. The van der Waals surface area contributed by atoms with Crippen molar-refractivity contribution in [1.29, 1.82) is 0 Å². The third-order valence-corrected chi connectivity index (χ3v) is 4.56. The molecule has 8 nitrogen and oxygen atoms in total. The van der Waals surface area contributed by atoms with Gasteiger partial charge in [-0.15, -0.1) is 0 Å². The number of nitrogens with one attached hydrogen (secondary N) is 2. The van der Waals surface area contributed by atoms with Crippen molar-refractivity contribution in [3.05, 3.63) is 29.6 Å². The van der Waals surface area contributed by atoms with Crippen LogP contribution in [-0.2, 0) is 24.8 Å². The van der Waals surface area contributed by atoms with Crippen LogP contribution in [-0.4, -0.2) is 43.4 Å². The molecule has 0 spiro atoms. The molecule has 1 rings (SSSR count). The number of methoxy groups -OCH3 is 1. The minimum absolute atomic E-state index is 0.0378. The predicted octanol–water partition coefficient (Wildman–Crippen LogP) is 0.924. The van der Waals surface area contributed by atoms with E-state index in [0.717, 1.165) is 12.3 Å². The van der Waals surface area contributed by atoms with Gasteiger partial charge >= 0.3 is 0 Å². The Morgan fingerprint density at radius 2 is 1.95 bits per heavy atom. The zero-order valence-electron chi connectivity index (χ0n) is 12.2. The first-order chi connectivity index (χ1) is 10.2. The van der Waals surface area contributed by atoms with Crippen molar-refractivity contribution in [2.75, 3.05) is 31.2 Å². The van der Waals surface area contributed by atoms with Gasteiger partial charge in [-0.25, -0.2) is 26.4 Å². The van der Waals surface area contributed by atoms with Gasteiger partial charge in [-0.05, 0) is 24.6 Å². The number of benzene rings is 1. The van der Waals surface area contributed by atoms with E-state index in [2.05, 4.69) is 14.3 Å². The number of hydrogen-bond donors (Lipinski definition) is 2. The fraction of sp³-hybridized carbons (Fsp3) is 0.417. The van der Waals surface area contributed by atoms with Gasteiger partial charge in [0.1, 0.15) is 0 Å². The summed E-state index contributed by atoms with van der Waals surface area (Å²) in [7, 11) is -5.79. The van der Waals surface area contributed by atoms with Crippen molar-refractivity contribution in [2.24, 2.45) is 0 Å². The summed E-state index contributed by atoms with van der Waals surface area (Å²) in [6.07, 6.45) is 1.46. The topological polar surface area (TPSA) is 106 Å². The number of ether oxygens (including phenoxy) is 1. The molecule has 0 bridgehead atoms. The summed E-state index contributed by atoms with van der Waals surface area (Å²) in [4.78, 5) is 3.05. The molecule has 0 aliphatic rings. The van der Waals surface area contributed by atoms with Gasteiger partial charge in [0.2, 0.25) is 25.7 Å². The number of anilines is 1. The lowest BCUT2D eigenvalue weighted by molar-refractivity contribution is 0.196. The zero-order chi connectivity index (χ0) is 16.8. The number of rotatable bonds is 8. The van der Waals surface area contributed by atoms with Gasteiger partial charge in [-0.2, -0.15) is 0 Å². The summed E-state index contributed by atoms with van der Waals surface area (Å²) < 4.78 is 55.9. The molecule has 1 aromatic rings. The molecular weight excluding hydrogens is 330 g/mol. The van der Waals surface area contributed by atoms with Crippen LogP contribution in [0.4, 0.5) is 11.4 Å². The molecule has 0 saturated heterocycles. The molecule has 0 aromatic heterocycles. The van der Waals surface area contributed by atoms with Crippen LogP contribution < -0.4 is 9.44 Å². The van der Waals surface area contributed by atoms with E-state index < -0.39 is 20.0 Å². The molecule has 0 aliphatic carbocycles. The largest absolute Gasteiger partial charge is 0.385 e. The molecule has 0 aliphatic heterocycles. The first-order valence-electron chi connectivity index (χ1n) is 6.17. The van der Waals surface area contributed by atoms with Gasteiger partial charge in [-0.3, -0.25) is 4.72 Å². The zero-order valence-corrected chi connectivity index (χ0v) is 13.8. The third kappa shape index (κ3) is 5.61. The molecule has 10 heteroatoms. The van der Waals surface area contributed by atoms with E-state index in [-0.39, 0.29) is 22.8 Å². The van der Waals surface area contributed by atoms with Crippen LogP contribution in [0.1, 0.15) is 6.42 Å². The lowest BCUT2D eigenvalue weighted by Crippen LogP contribution is -2.25. The normalized spacial score (nSPS) is 11.9. The second-order valence-electron chi connectivity index (χ2n) is 4.41. The highest BCUT2D eigenvalue weighted by molar-refractivity contribution is 7.92. The maximum atomic E-state index is 12.1. The van der Waals surface area contributed by atoms with Gasteiger partial charge in [0.15, 0.2) is 0 Å². The lowest BCUT2D eigenvalue weighted by atomic mass is 10.3. The van der Waals surface area contributed by atoms with E-state index in [9.17, 15) is 16.8 Å². The summed E-state index contributed by atoms with van der Waals surface area (Å²) in [6.45, 7) is 7.67. The average Bonchev–Trinajstić information content (AvgIpc) is 2.42. The van der Waals surface area contributed by atoms with Crippen LogP contribution in [0.25, 0.3) is 4.85 Å². The Morgan fingerprint density at radius 3 is 2.50 bits per heavy atom. The van der Waals surface area contributed by atoms with Gasteiger partial charge in [0.05, 0.1) is 23.4 Å². The number of sulfonamides is 2. The van der Waals surface area contributed by atoms with E-state index in [4.69, 9.17) is 11.3 Å². The summed E-state index contributed by atoms with van der Waals surface area (Å²) >= 11 is 0. The predicted molar refractivity (Wildman–Crippen MR) is 82.9 cm³/mol. The van der Waals surface area contributed by atoms with Crippen LogP contribution in [0.15, 0.2) is 23.1 Å². The van der Waals surface area contributed by atoms with Crippen LogP contribution >= 0.6 is 0 Å². The van der Waals surface area contributed by atoms with E-state index in [0.29, 0.717) is 13.0 Å². The van der Waals surface area contributed by atoms with Gasteiger partial charge in [0, 0.05) is 20.3 Å². The molecular formula is C12H17N3O5S2. The van der Waals surface area contributed by atoms with Crippen LogP contribution in [0.2, 0.25) is 0 Å². The lowest BCUT2D eigenvalue weighted by Gasteiger charge is -2.10. The molecule has 1 aromatic carbocycles. The molecule has 0 fully saturated rings. The van der Waals surface area contributed by atoms with Crippen molar-refractivity contribution in [2.45, 2.75) is 11.3 Å². The number of nitrogens with zero attached hydrogens (tertiary/aromatic N) is 1. The summed E-state index contributed by atoms with van der Waals surface area (Å²) in [5, 5.41) is 0. The maximum absolute atomic E-state index is 12.1. The molecule has 0 radical (unpaired) electrons. The first kappa shape index (κ1) is 18.4. The molecule has 0 amide bonds. The Balaban J connectivity index is 3.00. The molecule has 2 N–H and O–H groups in total. The molecule has 0 unspecified atom stereocenters. The Hall–Kier alpha value is -1.67. The van der Waals surface area contributed by atoms with Crippen molar-refractivity contribution in [3.63, 3.8) is 0 Å². The van der Waals surface area contributed by atoms with E-state index >= 15 is 0 Å². The monoisotopic (exact) mass is 347 g/mol. The van der Waals surface area contributed by atoms with Gasteiger partial charge in [-0.1, -0.05) is 0 Å². The second kappa shape index (κ2) is 7.55. The second-order valence-corrected chi connectivity index (χ2v) is 7.92. The van der Waals surface area contributed by atoms with E-state index in [1.165, 1.54) is 19.2 Å². The molecule has 0 saturated carbocycles. The van der Waals surface area contributed by atoms with Gasteiger partial charge < -0.3 is 4.74 Å². The third-order valence-electron chi connectivity index (χ3n) is 2.51. The van der Waals surface area contributed by atoms with Crippen molar-refractivity contribution >= 4 is 31.4 Å². The quantitative estimate of drug-likeness (QED) is 0.537. The standard InChI is InChI=1S/C12H17N3O5S2/c1-13-12-9-10(5-6-11(12)15-21(3,16)17)22(18,19)14-7-4-8-20-2/h5-6,9,14-15H,4,7-8H2,2-3H3. The Kier molecular flexibility index (Phi) is 6.31. The molecule has 0 atom stereocenters. The Morgan fingerprint density at radius 1 is 1.27 bits per heavy atom. The van der Waals surface area contributed by atoms with Crippen molar-refractivity contribution in [1.82, 2.24) is 4.72 Å². The highest BCUT2D eigenvalue weighted by Gasteiger charge is 2.16. The summed E-state index contributed by atoms with van der Waals surface area (Å²) in [5.74, 6) is 0. The van der Waals surface area contributed by atoms with Gasteiger partial charge in [0.25, 0.3) is 0 Å². The highest BCUT2D eigenvalue weighted by Crippen LogP contribution is 2.28. The van der Waals surface area contributed by atoms with Crippen LogP contribution in [0.3, 0.4) is 0 Å². The molecule has 0 heterocycles. The van der Waals surface area contributed by atoms with E-state index in [1.807, 2.05) is 0 Å². The van der Waals surface area contributed by atoms with E-state index in [1.54, 1.807) is 0 Å². The molecule has 122 valence electrons. The van der Waals surface area contributed by atoms with Crippen LogP contribution in [0, 0.1) is 6.57 Å². The SMILES string of the molecule is [C-]#[N+]c1cc(S(=O)(=O)NCCCOC)ccc1NS(C)(=O)=O. The fourth-order valence-electron chi connectivity index (χ4n) is 1.56. The minimum atomic E-state index is -3.76. The Labute approximate surface area is 130 Å². The van der Waals surface area contributed by atoms with Crippen molar-refractivity contribution in [3.8, 4) is 0 Å². The maximum Gasteiger partial charge on any atom is 0.239 e. The minimum Gasteiger partial charge on any atom is -0.385 e.